The van der Waals surface area contributed by atoms with Crippen molar-refractivity contribution in [3.63, 3.8) is 0 Å². The molecule has 0 atom stereocenters. The third-order valence-electron chi connectivity index (χ3n) is 5.09. The summed E-state index contributed by atoms with van der Waals surface area (Å²) in [4.78, 5) is 18.7. The van der Waals surface area contributed by atoms with Crippen LogP contribution < -0.4 is 0 Å². The van der Waals surface area contributed by atoms with Crippen LogP contribution in [0.5, 0.6) is 0 Å². The van der Waals surface area contributed by atoms with E-state index in [-0.39, 0.29) is 5.91 Å². The molecule has 5 heteroatoms. The second-order valence-corrected chi connectivity index (χ2v) is 6.86. The molecule has 0 N–H and O–H groups in total. The number of nitrogens with zero attached hydrogens (tertiary/aromatic N) is 3. The van der Waals surface area contributed by atoms with Gasteiger partial charge in [-0.1, -0.05) is 31.2 Å². The number of hydrogen-bond donors (Lipinski definition) is 0. The number of rotatable bonds is 5. The first-order valence-electron chi connectivity index (χ1n) is 9.94. The largest absolute Gasteiger partial charge is 0.420 e. The quantitative estimate of drug-likeness (QED) is 0.601. The summed E-state index contributed by atoms with van der Waals surface area (Å²) in [5, 5.41) is 2.41. The van der Waals surface area contributed by atoms with E-state index >= 15 is 0 Å². The maximum atomic E-state index is 12.7. The maximum absolute atomic E-state index is 12.7. The third-order valence-corrected chi connectivity index (χ3v) is 5.09. The van der Waals surface area contributed by atoms with Gasteiger partial charge in [-0.3, -0.25) is 9.69 Å². The van der Waals surface area contributed by atoms with Crippen LogP contribution in [0.3, 0.4) is 0 Å². The minimum absolute atomic E-state index is 0.131. The SMILES string of the molecule is CCC/N=C1/O/C(=C/c2ccc3c(c2)c2ccccc2n3CC)C(=O)N1CC. The van der Waals surface area contributed by atoms with E-state index in [2.05, 4.69) is 59.8 Å². The first kappa shape index (κ1) is 18.3. The molecule has 1 aromatic heterocycles. The van der Waals surface area contributed by atoms with Crippen molar-refractivity contribution in [1.29, 1.82) is 0 Å². The average molecular weight is 375 g/mol. The first-order chi connectivity index (χ1) is 13.7. The van der Waals surface area contributed by atoms with Crippen molar-refractivity contribution in [3.8, 4) is 0 Å². The van der Waals surface area contributed by atoms with Crippen molar-refractivity contribution >= 4 is 39.8 Å². The van der Waals surface area contributed by atoms with Gasteiger partial charge in [0.05, 0.1) is 0 Å². The van der Waals surface area contributed by atoms with Crippen LogP contribution in [0.15, 0.2) is 53.2 Å². The second kappa shape index (κ2) is 7.50. The molecule has 0 bridgehead atoms. The Morgan fingerprint density at radius 3 is 2.54 bits per heavy atom. The van der Waals surface area contributed by atoms with Gasteiger partial charge < -0.3 is 9.30 Å². The normalized spacial score (nSPS) is 17.4. The molecule has 0 saturated carbocycles. The number of fused-ring (bicyclic) bond motifs is 3. The summed E-state index contributed by atoms with van der Waals surface area (Å²) in [5.41, 5.74) is 3.37. The Morgan fingerprint density at radius 1 is 1.00 bits per heavy atom. The number of ether oxygens (including phenoxy) is 1. The summed E-state index contributed by atoms with van der Waals surface area (Å²) in [6.45, 7) is 8.24. The van der Waals surface area contributed by atoms with Gasteiger partial charge in [0.15, 0.2) is 5.76 Å². The van der Waals surface area contributed by atoms with E-state index in [0.29, 0.717) is 24.9 Å². The molecule has 1 fully saturated rings. The monoisotopic (exact) mass is 375 g/mol. The molecule has 0 radical (unpaired) electrons. The minimum atomic E-state index is -0.131. The number of para-hydroxylation sites is 1. The minimum Gasteiger partial charge on any atom is -0.420 e. The molecule has 1 aliphatic rings. The summed E-state index contributed by atoms with van der Waals surface area (Å²) >= 11 is 0. The summed E-state index contributed by atoms with van der Waals surface area (Å²) in [6.07, 6.45) is 2.73. The lowest BCUT2D eigenvalue weighted by atomic mass is 10.1. The van der Waals surface area contributed by atoms with Crippen LogP contribution in [-0.2, 0) is 16.1 Å². The van der Waals surface area contributed by atoms with Gasteiger partial charge in [0.2, 0.25) is 0 Å². The highest BCUT2D eigenvalue weighted by molar-refractivity contribution is 6.12. The molecule has 1 saturated heterocycles. The van der Waals surface area contributed by atoms with E-state index < -0.39 is 0 Å². The molecule has 0 unspecified atom stereocenters. The molecular weight excluding hydrogens is 350 g/mol. The van der Waals surface area contributed by atoms with Crippen molar-refractivity contribution in [1.82, 2.24) is 9.47 Å². The fourth-order valence-electron chi connectivity index (χ4n) is 3.77. The number of benzene rings is 2. The molecule has 0 spiro atoms. The van der Waals surface area contributed by atoms with Crippen LogP contribution in [0.4, 0.5) is 0 Å². The first-order valence-corrected chi connectivity index (χ1v) is 9.94. The standard InChI is InChI=1S/C23H25N3O2/c1-4-13-24-23-26(6-3)22(27)21(28-23)15-16-11-12-20-18(14-16)17-9-7-8-10-19(17)25(20)5-2/h7-12,14-15H,4-6,13H2,1-3H3/b21-15+,24-23+. The number of aromatic nitrogens is 1. The van der Waals surface area contributed by atoms with Crippen molar-refractivity contribution in [2.24, 2.45) is 4.99 Å². The summed E-state index contributed by atoms with van der Waals surface area (Å²) < 4.78 is 8.10. The summed E-state index contributed by atoms with van der Waals surface area (Å²) in [7, 11) is 0. The Labute approximate surface area is 164 Å². The highest BCUT2D eigenvalue weighted by Gasteiger charge is 2.33. The van der Waals surface area contributed by atoms with Crippen molar-refractivity contribution < 1.29 is 9.53 Å². The number of likely N-dealkylation sites (N-methyl/N-ethyl adjacent to an activating group) is 1. The van der Waals surface area contributed by atoms with Crippen molar-refractivity contribution in [2.45, 2.75) is 33.7 Å². The van der Waals surface area contributed by atoms with E-state index in [1.807, 2.05) is 19.1 Å². The van der Waals surface area contributed by atoms with E-state index in [1.54, 1.807) is 4.90 Å². The number of carbonyl (C=O) groups is 1. The Morgan fingerprint density at radius 2 is 1.79 bits per heavy atom. The van der Waals surface area contributed by atoms with Gasteiger partial charge >= 0.3 is 0 Å². The molecule has 5 nitrogen and oxygen atoms in total. The number of hydrogen-bond acceptors (Lipinski definition) is 3. The maximum Gasteiger partial charge on any atom is 0.300 e. The van der Waals surface area contributed by atoms with E-state index in [1.165, 1.54) is 21.8 Å². The fourth-order valence-corrected chi connectivity index (χ4v) is 3.77. The molecule has 2 aromatic carbocycles. The number of carbonyl (C=O) groups excluding carboxylic acids is 1. The van der Waals surface area contributed by atoms with Gasteiger partial charge in [0, 0.05) is 41.4 Å². The van der Waals surface area contributed by atoms with Crippen LogP contribution in [0.2, 0.25) is 0 Å². The zero-order valence-corrected chi connectivity index (χ0v) is 16.6. The molecule has 2 heterocycles. The smallest absolute Gasteiger partial charge is 0.300 e. The van der Waals surface area contributed by atoms with Crippen LogP contribution in [0, 0.1) is 0 Å². The molecule has 1 amide bonds. The predicted octanol–water partition coefficient (Wildman–Crippen LogP) is 4.80. The molecule has 1 aliphatic heterocycles. The Balaban J connectivity index is 1.78. The average Bonchev–Trinajstić information content (AvgIpc) is 3.20. The van der Waals surface area contributed by atoms with Gasteiger partial charge in [0.25, 0.3) is 11.9 Å². The highest BCUT2D eigenvalue weighted by Crippen LogP contribution is 2.30. The Bertz CT molecular complexity index is 1110. The summed E-state index contributed by atoms with van der Waals surface area (Å²) in [5.74, 6) is 0.198. The molecule has 144 valence electrons. The zero-order valence-electron chi connectivity index (χ0n) is 16.6. The number of aliphatic imine (C=N–C) groups is 1. The topological polar surface area (TPSA) is 46.8 Å². The zero-order chi connectivity index (χ0) is 19.7. The molecular formula is C23H25N3O2. The number of aryl methyl sites for hydroxylation is 1. The Kier molecular flexibility index (Phi) is 4.90. The van der Waals surface area contributed by atoms with E-state index in [4.69, 9.17) is 4.74 Å². The Hall–Kier alpha value is -3.08. The van der Waals surface area contributed by atoms with Crippen LogP contribution in [-0.4, -0.2) is 34.5 Å². The third kappa shape index (κ3) is 2.97. The van der Waals surface area contributed by atoms with Crippen LogP contribution >= 0.6 is 0 Å². The van der Waals surface area contributed by atoms with Crippen molar-refractivity contribution in [3.05, 3.63) is 53.8 Å². The molecule has 3 aromatic rings. The number of amidine groups is 1. The van der Waals surface area contributed by atoms with Gasteiger partial charge in [-0.25, -0.2) is 4.99 Å². The predicted molar refractivity (Wildman–Crippen MR) is 114 cm³/mol. The highest BCUT2D eigenvalue weighted by atomic mass is 16.5. The van der Waals surface area contributed by atoms with Crippen LogP contribution in [0.25, 0.3) is 27.9 Å². The van der Waals surface area contributed by atoms with Gasteiger partial charge in [-0.15, -0.1) is 0 Å². The molecule has 0 aliphatic carbocycles. The van der Waals surface area contributed by atoms with Crippen molar-refractivity contribution in [2.75, 3.05) is 13.1 Å². The van der Waals surface area contributed by atoms with Gasteiger partial charge in [0.1, 0.15) is 0 Å². The lowest BCUT2D eigenvalue weighted by Gasteiger charge is -2.08. The lowest BCUT2D eigenvalue weighted by molar-refractivity contribution is -0.122. The summed E-state index contributed by atoms with van der Waals surface area (Å²) in [6, 6.07) is 15.1. The fraction of sp³-hybridized carbons (Fsp3) is 0.304. The molecule has 28 heavy (non-hydrogen) atoms. The lowest BCUT2D eigenvalue weighted by Crippen LogP contribution is -2.29. The molecule has 4 rings (SSSR count). The van der Waals surface area contributed by atoms with Crippen LogP contribution in [0.1, 0.15) is 32.8 Å². The van der Waals surface area contributed by atoms with E-state index in [9.17, 15) is 4.79 Å². The van der Waals surface area contributed by atoms with Gasteiger partial charge in [-0.05, 0) is 50.1 Å². The number of amides is 1. The van der Waals surface area contributed by atoms with E-state index in [0.717, 1.165) is 18.5 Å². The second-order valence-electron chi connectivity index (χ2n) is 6.86. The van der Waals surface area contributed by atoms with Gasteiger partial charge in [-0.2, -0.15) is 0 Å².